The SMILES string of the molecule is C[C@H](NC(=O)OCc1ccccc1)C(=O)n1cc(C[C@H](NC(=O)CCC[NH3+])C(=O)OCc2ccccc2)c2ccccc21. The van der Waals surface area contributed by atoms with Crippen LogP contribution >= 0.6 is 0 Å². The highest BCUT2D eigenvalue weighted by Gasteiger charge is 2.27. The molecule has 0 radical (unpaired) electrons. The van der Waals surface area contributed by atoms with Gasteiger partial charge in [-0.25, -0.2) is 9.59 Å². The summed E-state index contributed by atoms with van der Waals surface area (Å²) in [6.45, 7) is 2.31. The minimum atomic E-state index is -0.973. The average Bonchev–Trinajstić information content (AvgIpc) is 3.40. The standard InChI is InChI=1S/C33H36N4O6/c1-23(35-33(41)43-22-25-13-6-3-7-14-25)31(39)37-20-26(27-15-8-9-16-29(27)37)19-28(36-30(38)17-10-18-34)32(40)42-21-24-11-4-2-5-12-24/h2-9,11-16,20,23,28H,10,17-19,21-22,34H2,1H3,(H,35,41)(H,36,38)/p+1/t23-,28-/m0/s1. The minimum Gasteiger partial charge on any atom is -0.459 e. The Labute approximate surface area is 250 Å². The van der Waals surface area contributed by atoms with Crippen LogP contribution in [0.4, 0.5) is 4.79 Å². The number of para-hydroxylation sites is 1. The van der Waals surface area contributed by atoms with E-state index in [4.69, 9.17) is 9.47 Å². The van der Waals surface area contributed by atoms with Gasteiger partial charge in [0.25, 0.3) is 5.91 Å². The Bertz CT molecular complexity index is 1540. The zero-order chi connectivity index (χ0) is 30.6. The zero-order valence-corrected chi connectivity index (χ0v) is 24.2. The number of nitrogens with zero attached hydrogens (tertiary/aromatic N) is 1. The summed E-state index contributed by atoms with van der Waals surface area (Å²) in [6.07, 6.45) is 1.85. The van der Waals surface area contributed by atoms with E-state index in [1.807, 2.05) is 72.8 Å². The molecule has 0 aliphatic rings. The second-order valence-corrected chi connectivity index (χ2v) is 10.2. The molecule has 5 N–H and O–H groups in total. The molecular weight excluding hydrogens is 548 g/mol. The minimum absolute atomic E-state index is 0.0642. The fourth-order valence-electron chi connectivity index (χ4n) is 4.60. The molecule has 2 atom stereocenters. The van der Waals surface area contributed by atoms with Gasteiger partial charge >= 0.3 is 12.1 Å². The molecule has 0 unspecified atom stereocenters. The molecule has 1 heterocycles. The molecular formula is C33H37N4O6+. The highest BCUT2D eigenvalue weighted by Crippen LogP contribution is 2.24. The maximum atomic E-state index is 13.5. The van der Waals surface area contributed by atoms with E-state index in [-0.39, 0.29) is 37.9 Å². The summed E-state index contributed by atoms with van der Waals surface area (Å²) < 4.78 is 12.3. The number of fused-ring (bicyclic) bond motifs is 1. The maximum absolute atomic E-state index is 13.5. The maximum Gasteiger partial charge on any atom is 0.408 e. The molecule has 0 spiro atoms. The summed E-state index contributed by atoms with van der Waals surface area (Å²) in [4.78, 5) is 51.7. The number of ether oxygens (including phenoxy) is 2. The first-order valence-corrected chi connectivity index (χ1v) is 14.2. The summed E-state index contributed by atoms with van der Waals surface area (Å²) in [7, 11) is 0. The lowest BCUT2D eigenvalue weighted by Gasteiger charge is -2.18. The Balaban J connectivity index is 1.50. The van der Waals surface area contributed by atoms with E-state index in [0.717, 1.165) is 16.5 Å². The van der Waals surface area contributed by atoms with Crippen LogP contribution in [0, 0.1) is 0 Å². The van der Waals surface area contributed by atoms with Crippen molar-refractivity contribution in [1.29, 1.82) is 0 Å². The third kappa shape index (κ3) is 8.76. The van der Waals surface area contributed by atoms with Crippen molar-refractivity contribution in [2.45, 2.75) is 51.5 Å². The van der Waals surface area contributed by atoms with Gasteiger partial charge in [0.05, 0.1) is 12.1 Å². The molecule has 224 valence electrons. The van der Waals surface area contributed by atoms with E-state index < -0.39 is 24.1 Å². The van der Waals surface area contributed by atoms with Crippen molar-refractivity contribution >= 4 is 34.8 Å². The van der Waals surface area contributed by atoms with Gasteiger partial charge in [-0.05, 0) is 29.7 Å². The third-order valence-corrected chi connectivity index (χ3v) is 6.87. The number of rotatable bonds is 13. The van der Waals surface area contributed by atoms with Crippen molar-refractivity contribution in [3.8, 4) is 0 Å². The lowest BCUT2D eigenvalue weighted by Crippen LogP contribution is -2.50. The first kappa shape index (κ1) is 31.0. The summed E-state index contributed by atoms with van der Waals surface area (Å²) in [5, 5.41) is 6.14. The van der Waals surface area contributed by atoms with Crippen molar-refractivity contribution in [1.82, 2.24) is 15.2 Å². The number of amides is 2. The van der Waals surface area contributed by atoms with Gasteiger partial charge in [-0.2, -0.15) is 0 Å². The van der Waals surface area contributed by atoms with E-state index in [0.29, 0.717) is 24.0 Å². The van der Waals surface area contributed by atoms with Crippen LogP contribution in [-0.4, -0.2) is 47.1 Å². The van der Waals surface area contributed by atoms with Crippen LogP contribution < -0.4 is 16.4 Å². The largest absolute Gasteiger partial charge is 0.459 e. The van der Waals surface area contributed by atoms with Crippen LogP contribution in [0.25, 0.3) is 10.9 Å². The van der Waals surface area contributed by atoms with Crippen LogP contribution in [-0.2, 0) is 38.7 Å². The Morgan fingerprint density at radius 3 is 2.07 bits per heavy atom. The highest BCUT2D eigenvalue weighted by molar-refractivity contribution is 5.98. The molecule has 0 aliphatic heterocycles. The molecule has 1 aromatic heterocycles. The summed E-state index contributed by atoms with van der Waals surface area (Å²) in [5.41, 5.74) is 6.70. The fraction of sp³-hybridized carbons (Fsp3) is 0.273. The molecule has 4 rings (SSSR count). The Morgan fingerprint density at radius 2 is 1.42 bits per heavy atom. The van der Waals surface area contributed by atoms with Crippen molar-refractivity contribution in [2.75, 3.05) is 6.54 Å². The molecule has 0 fully saturated rings. The molecule has 0 saturated carbocycles. The van der Waals surface area contributed by atoms with Gasteiger partial charge in [0, 0.05) is 30.8 Å². The second-order valence-electron chi connectivity index (χ2n) is 10.2. The molecule has 43 heavy (non-hydrogen) atoms. The van der Waals surface area contributed by atoms with Crippen molar-refractivity contribution in [2.24, 2.45) is 0 Å². The van der Waals surface area contributed by atoms with E-state index in [1.165, 1.54) is 4.57 Å². The number of nitrogens with one attached hydrogen (secondary N) is 2. The number of carbonyl (C=O) groups is 4. The molecule has 3 aromatic carbocycles. The summed E-state index contributed by atoms with van der Waals surface area (Å²) >= 11 is 0. The number of alkyl carbamates (subject to hydrolysis) is 1. The predicted molar refractivity (Wildman–Crippen MR) is 161 cm³/mol. The molecule has 10 heteroatoms. The number of hydrogen-bond acceptors (Lipinski definition) is 6. The van der Waals surface area contributed by atoms with Crippen LogP contribution in [0.2, 0.25) is 0 Å². The van der Waals surface area contributed by atoms with Gasteiger partial charge in [0.15, 0.2) is 0 Å². The van der Waals surface area contributed by atoms with Gasteiger partial charge in [0.2, 0.25) is 5.91 Å². The Kier molecular flexibility index (Phi) is 11.0. The van der Waals surface area contributed by atoms with Crippen LogP contribution in [0.5, 0.6) is 0 Å². The van der Waals surface area contributed by atoms with Crippen molar-refractivity contribution < 1.29 is 34.4 Å². The van der Waals surface area contributed by atoms with Gasteiger partial charge in [-0.15, -0.1) is 0 Å². The number of quaternary nitrogens is 1. The Hall–Kier alpha value is -4.96. The number of aromatic nitrogens is 1. The quantitative estimate of drug-likeness (QED) is 0.205. The number of benzene rings is 3. The van der Waals surface area contributed by atoms with E-state index in [1.54, 1.807) is 25.3 Å². The Morgan fingerprint density at radius 1 is 0.814 bits per heavy atom. The van der Waals surface area contributed by atoms with Crippen LogP contribution in [0.3, 0.4) is 0 Å². The molecule has 4 aromatic rings. The lowest BCUT2D eigenvalue weighted by atomic mass is 10.0. The van der Waals surface area contributed by atoms with E-state index in [2.05, 4.69) is 16.4 Å². The van der Waals surface area contributed by atoms with Crippen molar-refractivity contribution in [3.05, 3.63) is 108 Å². The molecule has 2 amide bonds. The molecule has 0 saturated heterocycles. The smallest absolute Gasteiger partial charge is 0.408 e. The lowest BCUT2D eigenvalue weighted by molar-refractivity contribution is -0.368. The topological polar surface area (TPSA) is 143 Å². The van der Waals surface area contributed by atoms with Gasteiger partial charge in [-0.1, -0.05) is 78.9 Å². The molecule has 0 aliphatic carbocycles. The van der Waals surface area contributed by atoms with Crippen molar-refractivity contribution in [3.63, 3.8) is 0 Å². The molecule has 0 bridgehead atoms. The first-order chi connectivity index (χ1) is 20.9. The van der Waals surface area contributed by atoms with Gasteiger partial charge in [0.1, 0.15) is 25.3 Å². The average molecular weight is 586 g/mol. The second kappa shape index (κ2) is 15.3. The summed E-state index contributed by atoms with van der Waals surface area (Å²) in [5.74, 6) is -1.25. The number of esters is 1. The van der Waals surface area contributed by atoms with Crippen LogP contribution in [0.15, 0.2) is 91.1 Å². The van der Waals surface area contributed by atoms with Gasteiger partial charge < -0.3 is 25.8 Å². The van der Waals surface area contributed by atoms with E-state index in [9.17, 15) is 19.2 Å². The monoisotopic (exact) mass is 585 g/mol. The van der Waals surface area contributed by atoms with E-state index >= 15 is 0 Å². The predicted octanol–water partition coefficient (Wildman–Crippen LogP) is 3.39. The number of hydrogen-bond donors (Lipinski definition) is 3. The fourth-order valence-corrected chi connectivity index (χ4v) is 4.60. The zero-order valence-electron chi connectivity index (χ0n) is 24.2. The summed E-state index contributed by atoms with van der Waals surface area (Å²) in [6, 6.07) is 23.9. The first-order valence-electron chi connectivity index (χ1n) is 14.2. The number of carbonyl (C=O) groups excluding carboxylic acids is 4. The third-order valence-electron chi connectivity index (χ3n) is 6.87. The normalized spacial score (nSPS) is 12.2. The highest BCUT2D eigenvalue weighted by atomic mass is 16.5. The van der Waals surface area contributed by atoms with Crippen LogP contribution in [0.1, 0.15) is 41.3 Å². The molecule has 10 nitrogen and oxygen atoms in total. The van der Waals surface area contributed by atoms with Gasteiger partial charge in [-0.3, -0.25) is 14.2 Å².